The number of amidine groups is 1. The van der Waals surface area contributed by atoms with Crippen LogP contribution in [0.1, 0.15) is 6.42 Å². The molecule has 0 aromatic carbocycles. The molecule has 0 aromatic heterocycles. The van der Waals surface area contributed by atoms with Crippen LogP contribution in [0.5, 0.6) is 0 Å². The number of hydrogen-bond acceptors (Lipinski definition) is 5. The Balaban J connectivity index is 3.83. The number of oxime groups is 1. The van der Waals surface area contributed by atoms with E-state index in [2.05, 4.69) is 10.1 Å². The van der Waals surface area contributed by atoms with E-state index in [1.165, 1.54) is 0 Å². The van der Waals surface area contributed by atoms with Gasteiger partial charge in [0, 0.05) is 33.9 Å². The molecule has 0 bridgehead atoms. The molecule has 3 N–H and O–H groups in total. The van der Waals surface area contributed by atoms with E-state index in [0.29, 0.717) is 19.8 Å². The highest BCUT2D eigenvalue weighted by Gasteiger charge is 2.06. The van der Waals surface area contributed by atoms with E-state index < -0.39 is 0 Å². The van der Waals surface area contributed by atoms with Crippen molar-refractivity contribution in [3.63, 3.8) is 0 Å². The van der Waals surface area contributed by atoms with E-state index in [1.54, 1.807) is 14.2 Å². The molecule has 6 nitrogen and oxygen atoms in total. The van der Waals surface area contributed by atoms with Crippen LogP contribution in [0.4, 0.5) is 0 Å². The Bertz CT molecular complexity index is 176. The van der Waals surface area contributed by atoms with Crippen LogP contribution in [0.15, 0.2) is 5.16 Å². The van der Waals surface area contributed by atoms with Gasteiger partial charge in [-0.1, -0.05) is 5.16 Å². The van der Waals surface area contributed by atoms with Gasteiger partial charge in [-0.3, -0.25) is 4.90 Å². The fourth-order valence-corrected chi connectivity index (χ4v) is 1.18. The quantitative estimate of drug-likeness (QED) is 0.183. The number of hydrogen-bond donors (Lipinski definition) is 2. The Hall–Kier alpha value is -0.850. The molecule has 0 heterocycles. The normalized spacial score (nSPS) is 12.3. The van der Waals surface area contributed by atoms with E-state index in [1.807, 2.05) is 0 Å². The van der Waals surface area contributed by atoms with Crippen molar-refractivity contribution in [1.29, 1.82) is 0 Å². The van der Waals surface area contributed by atoms with Crippen molar-refractivity contribution in [3.05, 3.63) is 0 Å². The second kappa shape index (κ2) is 9.70. The fraction of sp³-hybridized carbons (Fsp3) is 0.889. The van der Waals surface area contributed by atoms with E-state index >= 15 is 0 Å². The smallest absolute Gasteiger partial charge is 0.153 e. The van der Waals surface area contributed by atoms with E-state index in [-0.39, 0.29) is 5.84 Å². The van der Waals surface area contributed by atoms with Gasteiger partial charge in [-0.15, -0.1) is 0 Å². The van der Waals surface area contributed by atoms with Crippen molar-refractivity contribution in [2.45, 2.75) is 6.42 Å². The highest BCUT2D eigenvalue weighted by Crippen LogP contribution is 1.92. The zero-order chi connectivity index (χ0) is 11.5. The summed E-state index contributed by atoms with van der Waals surface area (Å²) in [7, 11) is 3.32. The number of methoxy groups -OCH3 is 2. The second-order valence-corrected chi connectivity index (χ2v) is 3.21. The first-order chi connectivity index (χ1) is 7.24. The lowest BCUT2D eigenvalue weighted by atomic mass is 10.3. The van der Waals surface area contributed by atoms with Gasteiger partial charge in [-0.05, 0) is 6.42 Å². The van der Waals surface area contributed by atoms with Crippen molar-refractivity contribution in [3.8, 4) is 0 Å². The first kappa shape index (κ1) is 14.2. The Morgan fingerprint density at radius 1 is 1.27 bits per heavy atom. The van der Waals surface area contributed by atoms with Crippen LogP contribution >= 0.6 is 0 Å². The van der Waals surface area contributed by atoms with E-state index in [9.17, 15) is 0 Å². The minimum absolute atomic E-state index is 0.212. The minimum Gasteiger partial charge on any atom is -0.409 e. The van der Waals surface area contributed by atoms with Gasteiger partial charge in [0.2, 0.25) is 0 Å². The molecular weight excluding hydrogens is 198 g/mol. The maximum Gasteiger partial charge on any atom is 0.153 e. The summed E-state index contributed by atoms with van der Waals surface area (Å²) < 4.78 is 9.94. The SMILES string of the molecule is COCCCN(CCOC)CC(N)=NO. The average Bonchev–Trinajstić information content (AvgIpc) is 2.25. The van der Waals surface area contributed by atoms with Crippen LogP contribution in [0, 0.1) is 0 Å². The lowest BCUT2D eigenvalue weighted by Gasteiger charge is -2.20. The first-order valence-corrected chi connectivity index (χ1v) is 4.91. The van der Waals surface area contributed by atoms with Crippen LogP contribution < -0.4 is 5.73 Å². The fourth-order valence-electron chi connectivity index (χ4n) is 1.18. The van der Waals surface area contributed by atoms with Gasteiger partial charge in [0.15, 0.2) is 5.84 Å². The predicted molar refractivity (Wildman–Crippen MR) is 58.2 cm³/mol. The van der Waals surface area contributed by atoms with Crippen LogP contribution in [-0.4, -0.2) is 63.0 Å². The molecule has 0 aliphatic carbocycles. The third kappa shape index (κ3) is 8.17. The molecule has 0 aliphatic heterocycles. The largest absolute Gasteiger partial charge is 0.409 e. The molecule has 0 saturated carbocycles. The molecule has 0 atom stereocenters. The molecule has 0 aromatic rings. The molecule has 0 amide bonds. The molecule has 0 fully saturated rings. The van der Waals surface area contributed by atoms with Crippen molar-refractivity contribution in [2.24, 2.45) is 10.9 Å². The summed E-state index contributed by atoms with van der Waals surface area (Å²) in [6.07, 6.45) is 0.916. The first-order valence-electron chi connectivity index (χ1n) is 4.91. The minimum atomic E-state index is 0.212. The highest BCUT2D eigenvalue weighted by atomic mass is 16.5. The van der Waals surface area contributed by atoms with Gasteiger partial charge in [0.1, 0.15) is 0 Å². The average molecular weight is 219 g/mol. The monoisotopic (exact) mass is 219 g/mol. The number of rotatable bonds is 9. The Labute approximate surface area is 90.6 Å². The summed E-state index contributed by atoms with van der Waals surface area (Å²) in [6, 6.07) is 0. The van der Waals surface area contributed by atoms with Crippen LogP contribution in [0.3, 0.4) is 0 Å². The standard InChI is InChI=1S/C9H21N3O3/c1-14-6-3-4-12(5-7-15-2)8-9(10)11-13/h13H,3-8H2,1-2H3,(H2,10,11). The predicted octanol–water partition coefficient (Wildman–Crippen LogP) is -0.282. The summed E-state index contributed by atoms with van der Waals surface area (Å²) in [5.74, 6) is 0.212. The van der Waals surface area contributed by atoms with Crippen LogP contribution in [0.25, 0.3) is 0 Å². The van der Waals surface area contributed by atoms with Crippen molar-refractivity contribution in [2.75, 3.05) is 47.1 Å². The Kier molecular flexibility index (Phi) is 9.15. The Morgan fingerprint density at radius 3 is 2.47 bits per heavy atom. The maximum atomic E-state index is 8.46. The summed E-state index contributed by atoms with van der Waals surface area (Å²) in [4.78, 5) is 2.05. The molecule has 90 valence electrons. The molecule has 15 heavy (non-hydrogen) atoms. The van der Waals surface area contributed by atoms with Gasteiger partial charge >= 0.3 is 0 Å². The number of ether oxygens (including phenoxy) is 2. The number of nitrogens with two attached hydrogens (primary N) is 1. The van der Waals surface area contributed by atoms with E-state index in [4.69, 9.17) is 20.4 Å². The molecule has 0 radical (unpaired) electrons. The van der Waals surface area contributed by atoms with Crippen LogP contribution in [-0.2, 0) is 9.47 Å². The van der Waals surface area contributed by atoms with Gasteiger partial charge in [-0.2, -0.15) is 0 Å². The molecular formula is C9H21N3O3. The zero-order valence-electron chi connectivity index (χ0n) is 9.48. The summed E-state index contributed by atoms with van der Waals surface area (Å²) >= 11 is 0. The molecule has 0 spiro atoms. The second-order valence-electron chi connectivity index (χ2n) is 3.21. The number of nitrogens with zero attached hydrogens (tertiary/aromatic N) is 2. The topological polar surface area (TPSA) is 80.3 Å². The van der Waals surface area contributed by atoms with Crippen molar-refractivity contribution < 1.29 is 14.7 Å². The molecule has 0 aliphatic rings. The van der Waals surface area contributed by atoms with Gasteiger partial charge < -0.3 is 20.4 Å². The summed E-state index contributed by atoms with van der Waals surface area (Å²) in [5, 5.41) is 11.4. The lowest BCUT2D eigenvalue weighted by molar-refractivity contribution is 0.140. The van der Waals surface area contributed by atoms with Crippen molar-refractivity contribution >= 4 is 5.84 Å². The third-order valence-corrected chi connectivity index (χ3v) is 1.95. The van der Waals surface area contributed by atoms with Crippen molar-refractivity contribution in [1.82, 2.24) is 4.90 Å². The van der Waals surface area contributed by atoms with Gasteiger partial charge in [-0.25, -0.2) is 0 Å². The third-order valence-electron chi connectivity index (χ3n) is 1.95. The molecule has 0 saturated heterocycles. The Morgan fingerprint density at radius 2 is 1.93 bits per heavy atom. The molecule has 0 rings (SSSR count). The molecule has 6 heteroatoms. The summed E-state index contributed by atoms with van der Waals surface area (Å²) in [5.41, 5.74) is 5.44. The highest BCUT2D eigenvalue weighted by molar-refractivity contribution is 5.81. The molecule has 0 unspecified atom stereocenters. The van der Waals surface area contributed by atoms with Gasteiger partial charge in [0.25, 0.3) is 0 Å². The maximum absolute atomic E-state index is 8.46. The zero-order valence-corrected chi connectivity index (χ0v) is 9.48. The van der Waals surface area contributed by atoms with Gasteiger partial charge in [0.05, 0.1) is 13.2 Å². The van der Waals surface area contributed by atoms with E-state index in [0.717, 1.165) is 19.5 Å². The lowest BCUT2D eigenvalue weighted by Crippen LogP contribution is -2.37. The summed E-state index contributed by atoms with van der Waals surface area (Å²) in [6.45, 7) is 3.39. The van der Waals surface area contributed by atoms with Crippen LogP contribution in [0.2, 0.25) is 0 Å².